The number of halogens is 1. The lowest BCUT2D eigenvalue weighted by Crippen LogP contribution is -2.43. The Morgan fingerprint density at radius 3 is 2.68 bits per heavy atom. The van der Waals surface area contributed by atoms with E-state index in [1.165, 1.54) is 51.4 Å². The molecule has 4 rings (SSSR count). The lowest BCUT2D eigenvalue weighted by molar-refractivity contribution is 0.463. The predicted octanol–water partition coefficient (Wildman–Crippen LogP) is 4.43. The van der Waals surface area contributed by atoms with E-state index in [2.05, 4.69) is 27.6 Å². The van der Waals surface area contributed by atoms with Gasteiger partial charge in [-0.3, -0.25) is 4.68 Å². The van der Waals surface area contributed by atoms with Crippen LogP contribution in [0.15, 0.2) is 40.1 Å². The normalized spacial score (nSPS) is 18.4. The van der Waals surface area contributed by atoms with E-state index < -0.39 is 0 Å². The van der Waals surface area contributed by atoms with Crippen molar-refractivity contribution >= 4 is 29.9 Å². The molecule has 0 atom stereocenters. The summed E-state index contributed by atoms with van der Waals surface area (Å²) in [7, 11) is 0. The first-order valence-corrected chi connectivity index (χ1v) is 10.5. The first-order valence-electron chi connectivity index (χ1n) is 10.5. The first kappa shape index (κ1) is 21.2. The molecule has 0 unspecified atom stereocenters. The standard InChI is InChI=1S/C21H31N5O.HI/c1-2-7-17(6-1)24-21(22-13-11-20-10-5-15-27-20)23-16-18-12-14-26(25-18)19-8-3-4-9-19;/h5,10,12,14-15,17,19H,1-4,6-9,11,13,16H2,(H2,22,23,24);1H. The molecule has 2 aliphatic carbocycles. The fourth-order valence-corrected chi connectivity index (χ4v) is 4.17. The zero-order valence-corrected chi connectivity index (χ0v) is 18.8. The van der Waals surface area contributed by atoms with Crippen LogP contribution in [0.3, 0.4) is 0 Å². The summed E-state index contributed by atoms with van der Waals surface area (Å²) in [6, 6.07) is 7.18. The maximum absolute atomic E-state index is 5.42. The molecule has 2 heterocycles. The van der Waals surface area contributed by atoms with Gasteiger partial charge in [0, 0.05) is 25.2 Å². The molecule has 2 aromatic heterocycles. The number of furan rings is 1. The minimum Gasteiger partial charge on any atom is -0.469 e. The van der Waals surface area contributed by atoms with E-state index in [4.69, 9.17) is 14.5 Å². The highest BCUT2D eigenvalue weighted by Gasteiger charge is 2.18. The monoisotopic (exact) mass is 497 g/mol. The van der Waals surface area contributed by atoms with E-state index in [0.717, 1.165) is 30.4 Å². The Hall–Kier alpha value is -1.51. The quantitative estimate of drug-likeness (QED) is 0.338. The zero-order valence-electron chi connectivity index (χ0n) is 16.5. The molecule has 0 aromatic carbocycles. The highest BCUT2D eigenvalue weighted by molar-refractivity contribution is 14.0. The summed E-state index contributed by atoms with van der Waals surface area (Å²) >= 11 is 0. The zero-order chi connectivity index (χ0) is 18.3. The SMILES string of the molecule is I.c1coc(CCNC(=NCc2ccn(C3CCCC3)n2)NC2CCCC2)c1. The second-order valence-electron chi connectivity index (χ2n) is 7.77. The van der Waals surface area contributed by atoms with Crippen LogP contribution in [0.2, 0.25) is 0 Å². The van der Waals surface area contributed by atoms with Gasteiger partial charge in [0.1, 0.15) is 5.76 Å². The summed E-state index contributed by atoms with van der Waals surface area (Å²) in [6.07, 6.45) is 14.9. The number of guanidine groups is 1. The number of aliphatic imine (C=N–C) groups is 1. The summed E-state index contributed by atoms with van der Waals surface area (Å²) in [5.74, 6) is 1.89. The van der Waals surface area contributed by atoms with Crippen molar-refractivity contribution in [2.24, 2.45) is 4.99 Å². The Balaban J connectivity index is 0.00000225. The van der Waals surface area contributed by atoms with Gasteiger partial charge in [0.25, 0.3) is 0 Å². The predicted molar refractivity (Wildman–Crippen MR) is 122 cm³/mol. The van der Waals surface area contributed by atoms with Crippen LogP contribution < -0.4 is 10.6 Å². The largest absolute Gasteiger partial charge is 0.469 e. The fourth-order valence-electron chi connectivity index (χ4n) is 4.17. The van der Waals surface area contributed by atoms with Crippen molar-refractivity contribution in [3.05, 3.63) is 42.1 Å². The average molecular weight is 497 g/mol. The van der Waals surface area contributed by atoms with Crippen LogP contribution in [0.25, 0.3) is 0 Å². The molecule has 0 aliphatic heterocycles. The maximum Gasteiger partial charge on any atom is 0.191 e. The van der Waals surface area contributed by atoms with Crippen LogP contribution in [-0.2, 0) is 13.0 Å². The molecule has 6 nitrogen and oxygen atoms in total. The second-order valence-corrected chi connectivity index (χ2v) is 7.77. The second kappa shape index (κ2) is 10.9. The molecule has 0 saturated heterocycles. The number of nitrogens with zero attached hydrogens (tertiary/aromatic N) is 3. The van der Waals surface area contributed by atoms with Gasteiger partial charge in [-0.05, 0) is 43.9 Å². The topological polar surface area (TPSA) is 67.4 Å². The molecule has 2 aliphatic rings. The van der Waals surface area contributed by atoms with E-state index in [9.17, 15) is 0 Å². The maximum atomic E-state index is 5.42. The molecule has 0 radical (unpaired) electrons. The minimum absolute atomic E-state index is 0. The van der Waals surface area contributed by atoms with Crippen molar-refractivity contribution < 1.29 is 4.42 Å². The number of hydrogen-bond acceptors (Lipinski definition) is 3. The molecule has 2 N–H and O–H groups in total. The van der Waals surface area contributed by atoms with Crippen molar-refractivity contribution in [3.63, 3.8) is 0 Å². The number of aromatic nitrogens is 2. The lowest BCUT2D eigenvalue weighted by Gasteiger charge is -2.17. The van der Waals surface area contributed by atoms with E-state index in [0.29, 0.717) is 18.6 Å². The third-order valence-electron chi connectivity index (χ3n) is 5.70. The van der Waals surface area contributed by atoms with Crippen LogP contribution in [0.4, 0.5) is 0 Å². The van der Waals surface area contributed by atoms with Gasteiger partial charge < -0.3 is 15.1 Å². The van der Waals surface area contributed by atoms with Gasteiger partial charge in [-0.2, -0.15) is 5.10 Å². The molecule has 28 heavy (non-hydrogen) atoms. The minimum atomic E-state index is 0. The molecule has 154 valence electrons. The highest BCUT2D eigenvalue weighted by atomic mass is 127. The number of hydrogen-bond donors (Lipinski definition) is 2. The van der Waals surface area contributed by atoms with Crippen molar-refractivity contribution in [1.29, 1.82) is 0 Å². The molecular weight excluding hydrogens is 465 g/mol. The Bertz CT molecular complexity index is 715. The van der Waals surface area contributed by atoms with Crippen molar-refractivity contribution in [3.8, 4) is 0 Å². The lowest BCUT2D eigenvalue weighted by atomic mass is 10.2. The van der Waals surface area contributed by atoms with Gasteiger partial charge >= 0.3 is 0 Å². The van der Waals surface area contributed by atoms with Gasteiger partial charge in [0.05, 0.1) is 24.5 Å². The molecule has 2 aromatic rings. The Morgan fingerprint density at radius 2 is 1.93 bits per heavy atom. The summed E-state index contributed by atoms with van der Waals surface area (Å²) < 4.78 is 7.56. The van der Waals surface area contributed by atoms with E-state index in [-0.39, 0.29) is 24.0 Å². The molecule has 0 spiro atoms. The summed E-state index contributed by atoms with van der Waals surface area (Å²) in [6.45, 7) is 1.42. The van der Waals surface area contributed by atoms with Gasteiger partial charge in [-0.15, -0.1) is 24.0 Å². The van der Waals surface area contributed by atoms with Crippen molar-refractivity contribution in [2.45, 2.75) is 76.4 Å². The Labute approximate surface area is 184 Å². The van der Waals surface area contributed by atoms with Crippen LogP contribution in [0, 0.1) is 0 Å². The summed E-state index contributed by atoms with van der Waals surface area (Å²) in [5.41, 5.74) is 1.04. The van der Waals surface area contributed by atoms with E-state index in [1.54, 1.807) is 6.26 Å². The van der Waals surface area contributed by atoms with Crippen LogP contribution in [0.1, 0.15) is 68.9 Å². The Morgan fingerprint density at radius 1 is 1.14 bits per heavy atom. The number of nitrogens with one attached hydrogen (secondary N) is 2. The number of rotatable bonds is 7. The molecule has 2 fully saturated rings. The van der Waals surface area contributed by atoms with Crippen LogP contribution in [-0.4, -0.2) is 28.3 Å². The van der Waals surface area contributed by atoms with Gasteiger partial charge in [-0.25, -0.2) is 4.99 Å². The molecule has 7 heteroatoms. The summed E-state index contributed by atoms with van der Waals surface area (Å²) in [4.78, 5) is 4.80. The van der Waals surface area contributed by atoms with Crippen molar-refractivity contribution in [2.75, 3.05) is 6.54 Å². The molecule has 2 saturated carbocycles. The smallest absolute Gasteiger partial charge is 0.191 e. The fraction of sp³-hybridized carbons (Fsp3) is 0.619. The first-order chi connectivity index (χ1) is 13.4. The van der Waals surface area contributed by atoms with Gasteiger partial charge in [0.15, 0.2) is 5.96 Å². The van der Waals surface area contributed by atoms with Gasteiger partial charge in [0.2, 0.25) is 0 Å². The average Bonchev–Trinajstić information content (AvgIpc) is 3.48. The van der Waals surface area contributed by atoms with Crippen LogP contribution >= 0.6 is 24.0 Å². The molecular formula is C21H32IN5O. The van der Waals surface area contributed by atoms with Crippen molar-refractivity contribution in [1.82, 2.24) is 20.4 Å². The highest BCUT2D eigenvalue weighted by Crippen LogP contribution is 2.28. The molecule has 0 amide bonds. The molecule has 0 bridgehead atoms. The van der Waals surface area contributed by atoms with E-state index in [1.807, 2.05) is 12.1 Å². The van der Waals surface area contributed by atoms with Crippen LogP contribution in [0.5, 0.6) is 0 Å². The Kier molecular flexibility index (Phi) is 8.24. The summed E-state index contributed by atoms with van der Waals surface area (Å²) in [5, 5.41) is 11.8. The third kappa shape index (κ3) is 5.99. The van der Waals surface area contributed by atoms with E-state index >= 15 is 0 Å². The van der Waals surface area contributed by atoms with Gasteiger partial charge in [-0.1, -0.05) is 25.7 Å². The third-order valence-corrected chi connectivity index (χ3v) is 5.70.